The molecule has 1 atom stereocenters. The van der Waals surface area contributed by atoms with Crippen molar-refractivity contribution in [3.63, 3.8) is 0 Å². The molecule has 0 spiro atoms. The van der Waals surface area contributed by atoms with Crippen molar-refractivity contribution >= 4 is 30.4 Å². The van der Waals surface area contributed by atoms with Gasteiger partial charge in [-0.25, -0.2) is 4.79 Å². The van der Waals surface area contributed by atoms with Gasteiger partial charge in [-0.05, 0) is 72.6 Å². The average molecular weight is 528 g/mol. The summed E-state index contributed by atoms with van der Waals surface area (Å²) in [5.41, 5.74) is 2.94. The third-order valence-corrected chi connectivity index (χ3v) is 12.2. The van der Waals surface area contributed by atoms with Crippen LogP contribution in [0.15, 0.2) is 91.0 Å². The fourth-order valence-electron chi connectivity index (χ4n) is 5.54. The molecule has 0 saturated carbocycles. The molecule has 1 aliphatic heterocycles. The summed E-state index contributed by atoms with van der Waals surface area (Å²) < 4.78 is 5.82. The van der Waals surface area contributed by atoms with Gasteiger partial charge in [0.2, 0.25) is 0 Å². The first-order chi connectivity index (χ1) is 17.9. The Labute approximate surface area is 229 Å². The summed E-state index contributed by atoms with van der Waals surface area (Å²) >= 11 is 0. The second-order valence-electron chi connectivity index (χ2n) is 12.0. The van der Waals surface area contributed by atoms with Gasteiger partial charge in [0.15, 0.2) is 0 Å². The maximum atomic E-state index is 13.3. The molecular formula is C33H41NO3Si. The first kappa shape index (κ1) is 27.9. The predicted octanol–water partition coefficient (Wildman–Crippen LogP) is 6.31. The molecule has 4 rings (SSSR count). The van der Waals surface area contributed by atoms with Gasteiger partial charge >= 0.3 is 6.09 Å². The number of ether oxygens (including phenoxy) is 1. The topological polar surface area (TPSA) is 49.8 Å². The zero-order valence-corrected chi connectivity index (χ0v) is 24.6. The van der Waals surface area contributed by atoms with E-state index in [4.69, 9.17) is 4.74 Å². The van der Waals surface area contributed by atoms with Crippen LogP contribution in [0.25, 0.3) is 5.57 Å². The highest BCUT2D eigenvalue weighted by Gasteiger charge is 2.50. The van der Waals surface area contributed by atoms with Crippen molar-refractivity contribution in [2.24, 2.45) is 0 Å². The van der Waals surface area contributed by atoms with Gasteiger partial charge in [0.25, 0.3) is 8.32 Å². The number of amides is 1. The van der Waals surface area contributed by atoms with E-state index >= 15 is 0 Å². The third-order valence-electron chi connectivity index (χ3n) is 7.68. The molecule has 1 amide bonds. The SMILES string of the molecule is Cc1ccccc1C1=C[C@@H](CCC(C)(C)[Si](O)(c2ccccc2)c2ccccc2)N(C(=O)OC(C)(C)C)C1. The Morgan fingerprint density at radius 1 is 0.895 bits per heavy atom. The second-order valence-corrected chi connectivity index (χ2v) is 16.0. The Hall–Kier alpha value is -3.15. The van der Waals surface area contributed by atoms with Crippen LogP contribution in [0.2, 0.25) is 5.04 Å². The quantitative estimate of drug-likeness (QED) is 0.366. The third kappa shape index (κ3) is 5.79. The van der Waals surface area contributed by atoms with Gasteiger partial charge in [-0.2, -0.15) is 0 Å². The van der Waals surface area contributed by atoms with E-state index in [1.54, 1.807) is 0 Å². The Kier molecular flexibility index (Phi) is 8.00. The van der Waals surface area contributed by atoms with Crippen LogP contribution in [0.4, 0.5) is 4.79 Å². The number of benzene rings is 3. The van der Waals surface area contributed by atoms with Gasteiger partial charge in [0.1, 0.15) is 5.60 Å². The van der Waals surface area contributed by atoms with Crippen molar-refractivity contribution in [1.29, 1.82) is 0 Å². The van der Waals surface area contributed by atoms with Crippen LogP contribution in [-0.2, 0) is 4.74 Å². The molecule has 3 aromatic rings. The number of hydrogen-bond donors (Lipinski definition) is 1. The number of carbonyl (C=O) groups excluding carboxylic acids is 1. The number of nitrogens with zero attached hydrogens (tertiary/aromatic N) is 1. The van der Waals surface area contributed by atoms with Crippen LogP contribution < -0.4 is 10.4 Å². The summed E-state index contributed by atoms with van der Waals surface area (Å²) in [4.78, 5) is 27.8. The van der Waals surface area contributed by atoms with Gasteiger partial charge in [0, 0.05) is 6.54 Å². The van der Waals surface area contributed by atoms with E-state index in [0.717, 1.165) is 28.8 Å². The highest BCUT2D eigenvalue weighted by molar-refractivity contribution is 6.98. The van der Waals surface area contributed by atoms with Crippen LogP contribution in [0.3, 0.4) is 0 Å². The molecule has 0 fully saturated rings. The molecule has 0 saturated heterocycles. The maximum absolute atomic E-state index is 13.3. The van der Waals surface area contributed by atoms with Gasteiger partial charge in [0.05, 0.1) is 6.04 Å². The van der Waals surface area contributed by atoms with E-state index in [1.807, 2.05) is 74.2 Å². The maximum Gasteiger partial charge on any atom is 0.411 e. The fraction of sp³-hybridized carbons (Fsp3) is 0.364. The minimum absolute atomic E-state index is 0.108. The van der Waals surface area contributed by atoms with Crippen LogP contribution in [-0.4, -0.2) is 42.3 Å². The van der Waals surface area contributed by atoms with E-state index in [-0.39, 0.29) is 12.1 Å². The van der Waals surface area contributed by atoms with Crippen molar-refractivity contribution in [1.82, 2.24) is 4.90 Å². The monoisotopic (exact) mass is 527 g/mol. The Balaban J connectivity index is 1.66. The van der Waals surface area contributed by atoms with E-state index < -0.39 is 19.0 Å². The van der Waals surface area contributed by atoms with E-state index in [2.05, 4.69) is 63.2 Å². The summed E-state index contributed by atoms with van der Waals surface area (Å²) in [6, 6.07) is 28.4. The predicted molar refractivity (Wildman–Crippen MR) is 159 cm³/mol. The normalized spacial score (nSPS) is 16.3. The van der Waals surface area contributed by atoms with Crippen molar-refractivity contribution < 1.29 is 14.3 Å². The van der Waals surface area contributed by atoms with Gasteiger partial charge in [-0.15, -0.1) is 0 Å². The molecule has 38 heavy (non-hydrogen) atoms. The van der Waals surface area contributed by atoms with Crippen molar-refractivity contribution in [2.75, 3.05) is 6.54 Å². The second kappa shape index (κ2) is 10.9. The molecule has 0 bridgehead atoms. The Bertz CT molecular complexity index is 1240. The largest absolute Gasteiger partial charge is 0.444 e. The smallest absolute Gasteiger partial charge is 0.411 e. The molecule has 0 aliphatic carbocycles. The van der Waals surface area contributed by atoms with Crippen LogP contribution in [0.5, 0.6) is 0 Å². The van der Waals surface area contributed by atoms with Crippen molar-refractivity contribution in [3.05, 3.63) is 102 Å². The molecule has 1 aliphatic rings. The lowest BCUT2D eigenvalue weighted by molar-refractivity contribution is 0.0236. The standard InChI is InChI=1S/C33H41NO3Si/c1-25-15-13-14-20-30(25)26-23-27(34(24-26)31(35)37-32(2,3)4)21-22-33(5,6)38(36,28-16-9-7-10-17-28)29-18-11-8-12-19-29/h7-20,23,27,36H,21-22,24H2,1-6H3/t27-/m1/s1. The highest BCUT2D eigenvalue weighted by Crippen LogP contribution is 2.42. The summed E-state index contributed by atoms with van der Waals surface area (Å²) in [6.45, 7) is 12.7. The van der Waals surface area contributed by atoms with Crippen LogP contribution in [0.1, 0.15) is 58.6 Å². The summed E-state index contributed by atoms with van der Waals surface area (Å²) in [7, 11) is -3.13. The molecule has 200 valence electrons. The molecule has 4 nitrogen and oxygen atoms in total. The fourth-order valence-corrected chi connectivity index (χ4v) is 9.29. The van der Waals surface area contributed by atoms with Crippen LogP contribution in [0, 0.1) is 6.92 Å². The van der Waals surface area contributed by atoms with Gasteiger partial charge in [-0.1, -0.05) is 105 Å². The minimum atomic E-state index is -3.13. The molecule has 1 heterocycles. The molecule has 3 aromatic carbocycles. The van der Waals surface area contributed by atoms with E-state index in [1.165, 1.54) is 11.1 Å². The number of carbonyl (C=O) groups is 1. The zero-order valence-electron chi connectivity index (χ0n) is 23.6. The molecular weight excluding hydrogens is 486 g/mol. The average Bonchev–Trinajstić information content (AvgIpc) is 3.32. The Morgan fingerprint density at radius 3 is 1.95 bits per heavy atom. The first-order valence-corrected chi connectivity index (χ1v) is 15.5. The molecule has 0 radical (unpaired) electrons. The first-order valence-electron chi connectivity index (χ1n) is 13.5. The van der Waals surface area contributed by atoms with Gasteiger partial charge < -0.3 is 9.53 Å². The summed E-state index contributed by atoms with van der Waals surface area (Å²) in [5, 5.41) is 1.61. The molecule has 0 aromatic heterocycles. The Morgan fingerprint density at radius 2 is 1.42 bits per heavy atom. The van der Waals surface area contributed by atoms with Crippen LogP contribution >= 0.6 is 0 Å². The molecule has 1 N–H and O–H groups in total. The van der Waals surface area contributed by atoms with Crippen molar-refractivity contribution in [2.45, 2.75) is 71.1 Å². The molecule has 5 heteroatoms. The molecule has 0 unspecified atom stereocenters. The van der Waals surface area contributed by atoms with E-state index in [9.17, 15) is 9.59 Å². The van der Waals surface area contributed by atoms with E-state index in [0.29, 0.717) is 6.54 Å². The summed E-state index contributed by atoms with van der Waals surface area (Å²) in [5.74, 6) is 0. The lowest BCUT2D eigenvalue weighted by Gasteiger charge is -2.42. The number of rotatable bonds is 7. The number of hydrogen-bond acceptors (Lipinski definition) is 3. The van der Waals surface area contributed by atoms with Gasteiger partial charge in [-0.3, -0.25) is 4.90 Å². The van der Waals surface area contributed by atoms with Crippen molar-refractivity contribution in [3.8, 4) is 0 Å². The lowest BCUT2D eigenvalue weighted by Crippen LogP contribution is -2.65. The lowest BCUT2D eigenvalue weighted by atomic mass is 9.99. The minimum Gasteiger partial charge on any atom is -0.444 e. The zero-order chi connectivity index (χ0) is 27.6. The summed E-state index contributed by atoms with van der Waals surface area (Å²) in [6.07, 6.45) is 3.42. The highest BCUT2D eigenvalue weighted by atomic mass is 28.4. The number of aryl methyl sites for hydroxylation is 1.